The second kappa shape index (κ2) is 3.72. The van der Waals surface area contributed by atoms with E-state index < -0.39 is 0 Å². The van der Waals surface area contributed by atoms with E-state index in [0.717, 1.165) is 13.0 Å². The Labute approximate surface area is 66.7 Å². The zero-order valence-corrected chi connectivity index (χ0v) is 7.00. The van der Waals surface area contributed by atoms with E-state index in [0.29, 0.717) is 6.61 Å². The van der Waals surface area contributed by atoms with Crippen LogP contribution in [-0.2, 0) is 14.3 Å². The maximum Gasteiger partial charge on any atom is 0.308 e. The van der Waals surface area contributed by atoms with Gasteiger partial charge in [-0.15, -0.1) is 0 Å². The molecule has 1 heterocycles. The average molecular weight is 158 g/mol. The molecule has 1 aliphatic rings. The van der Waals surface area contributed by atoms with Gasteiger partial charge in [-0.2, -0.15) is 0 Å². The summed E-state index contributed by atoms with van der Waals surface area (Å²) in [7, 11) is 0. The summed E-state index contributed by atoms with van der Waals surface area (Å²) in [5, 5.41) is 0. The Bertz CT molecular complexity index is 136. The summed E-state index contributed by atoms with van der Waals surface area (Å²) in [6.07, 6.45) is 0.850. The zero-order valence-electron chi connectivity index (χ0n) is 7.00. The van der Waals surface area contributed by atoms with Crippen molar-refractivity contribution in [1.82, 2.24) is 0 Å². The van der Waals surface area contributed by atoms with Gasteiger partial charge in [-0.05, 0) is 0 Å². The van der Waals surface area contributed by atoms with Crippen molar-refractivity contribution in [2.75, 3.05) is 13.2 Å². The van der Waals surface area contributed by atoms with Crippen LogP contribution in [0.25, 0.3) is 0 Å². The molecule has 64 valence electrons. The lowest BCUT2D eigenvalue weighted by Crippen LogP contribution is -2.21. The van der Waals surface area contributed by atoms with Crippen molar-refractivity contribution in [3.8, 4) is 0 Å². The standard InChI is InChI=1S/C8H14O3/c1-6(2)8(9)11-7-3-4-10-5-7/h6-7H,3-5H2,1-2H3/t7-/m0/s1. The van der Waals surface area contributed by atoms with Crippen LogP contribution in [0, 0.1) is 5.92 Å². The molecular formula is C8H14O3. The number of ether oxygens (including phenoxy) is 2. The minimum Gasteiger partial charge on any atom is -0.460 e. The van der Waals surface area contributed by atoms with Gasteiger partial charge in [0.25, 0.3) is 0 Å². The summed E-state index contributed by atoms with van der Waals surface area (Å²) in [4.78, 5) is 11.0. The summed E-state index contributed by atoms with van der Waals surface area (Å²) in [6.45, 7) is 4.95. The third-order valence-electron chi connectivity index (χ3n) is 1.64. The van der Waals surface area contributed by atoms with Crippen molar-refractivity contribution < 1.29 is 14.3 Å². The Balaban J connectivity index is 2.24. The first-order chi connectivity index (χ1) is 5.20. The first kappa shape index (κ1) is 8.53. The van der Waals surface area contributed by atoms with Gasteiger partial charge in [-0.1, -0.05) is 13.8 Å². The van der Waals surface area contributed by atoms with Gasteiger partial charge < -0.3 is 9.47 Å². The first-order valence-corrected chi connectivity index (χ1v) is 3.98. The van der Waals surface area contributed by atoms with Crippen LogP contribution in [0.5, 0.6) is 0 Å². The maximum absolute atomic E-state index is 11.0. The Hall–Kier alpha value is -0.570. The lowest BCUT2D eigenvalue weighted by molar-refractivity contribution is -0.152. The van der Waals surface area contributed by atoms with E-state index in [2.05, 4.69) is 0 Å². The molecule has 1 saturated heterocycles. The fourth-order valence-electron chi connectivity index (χ4n) is 0.906. The van der Waals surface area contributed by atoms with Gasteiger partial charge in [0.1, 0.15) is 6.10 Å². The predicted octanol–water partition coefficient (Wildman–Crippen LogP) is 0.974. The summed E-state index contributed by atoms with van der Waals surface area (Å²) in [5.74, 6) is -0.156. The van der Waals surface area contributed by atoms with E-state index in [1.54, 1.807) is 0 Å². The molecular weight excluding hydrogens is 144 g/mol. The van der Waals surface area contributed by atoms with Crippen molar-refractivity contribution >= 4 is 5.97 Å². The van der Waals surface area contributed by atoms with Gasteiger partial charge >= 0.3 is 5.97 Å². The molecule has 1 rings (SSSR count). The third-order valence-corrected chi connectivity index (χ3v) is 1.64. The second-order valence-corrected chi connectivity index (χ2v) is 3.08. The smallest absolute Gasteiger partial charge is 0.308 e. The number of carbonyl (C=O) groups excluding carboxylic acids is 1. The third kappa shape index (κ3) is 2.50. The van der Waals surface area contributed by atoms with Crippen LogP contribution in [-0.4, -0.2) is 25.3 Å². The SMILES string of the molecule is CC(C)C(=O)O[C@H]1CCOC1. The molecule has 1 fully saturated rings. The maximum atomic E-state index is 11.0. The van der Waals surface area contributed by atoms with Crippen LogP contribution >= 0.6 is 0 Å². The molecule has 1 aliphatic heterocycles. The van der Waals surface area contributed by atoms with Crippen molar-refractivity contribution in [3.63, 3.8) is 0 Å². The Morgan fingerprint density at radius 3 is 2.82 bits per heavy atom. The van der Waals surface area contributed by atoms with Gasteiger partial charge in [-0.25, -0.2) is 0 Å². The van der Waals surface area contributed by atoms with Crippen LogP contribution in [0.4, 0.5) is 0 Å². The predicted molar refractivity (Wildman–Crippen MR) is 40.2 cm³/mol. The van der Waals surface area contributed by atoms with E-state index in [4.69, 9.17) is 9.47 Å². The average Bonchev–Trinajstić information content (AvgIpc) is 2.39. The van der Waals surface area contributed by atoms with E-state index in [1.807, 2.05) is 13.8 Å². The zero-order chi connectivity index (χ0) is 8.27. The van der Waals surface area contributed by atoms with Gasteiger partial charge in [0, 0.05) is 6.42 Å². The number of hydrogen-bond acceptors (Lipinski definition) is 3. The molecule has 0 aliphatic carbocycles. The lowest BCUT2D eigenvalue weighted by Gasteiger charge is -2.11. The topological polar surface area (TPSA) is 35.5 Å². The molecule has 0 radical (unpaired) electrons. The molecule has 11 heavy (non-hydrogen) atoms. The minimum atomic E-state index is -0.125. The highest BCUT2D eigenvalue weighted by atomic mass is 16.6. The Morgan fingerprint density at radius 1 is 1.64 bits per heavy atom. The number of esters is 1. The lowest BCUT2D eigenvalue weighted by atomic mass is 10.2. The fourth-order valence-corrected chi connectivity index (χ4v) is 0.906. The highest BCUT2D eigenvalue weighted by Gasteiger charge is 2.20. The van der Waals surface area contributed by atoms with Crippen LogP contribution in [0.2, 0.25) is 0 Å². The molecule has 1 atom stereocenters. The van der Waals surface area contributed by atoms with Gasteiger partial charge in [-0.3, -0.25) is 4.79 Å². The molecule has 0 amide bonds. The van der Waals surface area contributed by atoms with Crippen LogP contribution in [0.3, 0.4) is 0 Å². The molecule has 0 aromatic heterocycles. The van der Waals surface area contributed by atoms with Gasteiger partial charge in [0.15, 0.2) is 0 Å². The molecule has 0 unspecified atom stereocenters. The summed E-state index contributed by atoms with van der Waals surface area (Å²) >= 11 is 0. The molecule has 0 aromatic carbocycles. The monoisotopic (exact) mass is 158 g/mol. The van der Waals surface area contributed by atoms with E-state index in [-0.39, 0.29) is 18.0 Å². The van der Waals surface area contributed by atoms with Crippen LogP contribution < -0.4 is 0 Å². The number of rotatable bonds is 2. The molecule has 0 saturated carbocycles. The minimum absolute atomic E-state index is 0.00454. The highest BCUT2D eigenvalue weighted by Crippen LogP contribution is 2.10. The largest absolute Gasteiger partial charge is 0.460 e. The van der Waals surface area contributed by atoms with Crippen LogP contribution in [0.15, 0.2) is 0 Å². The highest BCUT2D eigenvalue weighted by molar-refractivity contribution is 5.71. The van der Waals surface area contributed by atoms with Crippen molar-refractivity contribution in [2.45, 2.75) is 26.4 Å². The Morgan fingerprint density at radius 2 is 2.36 bits per heavy atom. The summed E-state index contributed by atoms with van der Waals surface area (Å²) in [6, 6.07) is 0. The normalized spacial score (nSPS) is 24.1. The number of carbonyl (C=O) groups is 1. The molecule has 0 N–H and O–H groups in total. The quantitative estimate of drug-likeness (QED) is 0.562. The van der Waals surface area contributed by atoms with Gasteiger partial charge in [0.05, 0.1) is 19.1 Å². The van der Waals surface area contributed by atoms with E-state index >= 15 is 0 Å². The molecule has 0 bridgehead atoms. The van der Waals surface area contributed by atoms with Crippen molar-refractivity contribution in [1.29, 1.82) is 0 Å². The summed E-state index contributed by atoms with van der Waals surface area (Å²) in [5.41, 5.74) is 0. The fraction of sp³-hybridized carbons (Fsp3) is 0.875. The first-order valence-electron chi connectivity index (χ1n) is 3.98. The molecule has 0 aromatic rings. The summed E-state index contributed by atoms with van der Waals surface area (Å²) < 4.78 is 10.2. The number of hydrogen-bond donors (Lipinski definition) is 0. The van der Waals surface area contributed by atoms with Crippen LogP contribution in [0.1, 0.15) is 20.3 Å². The molecule has 3 nitrogen and oxygen atoms in total. The van der Waals surface area contributed by atoms with Crippen molar-refractivity contribution in [3.05, 3.63) is 0 Å². The second-order valence-electron chi connectivity index (χ2n) is 3.08. The van der Waals surface area contributed by atoms with E-state index in [9.17, 15) is 4.79 Å². The Kier molecular flexibility index (Phi) is 2.88. The van der Waals surface area contributed by atoms with E-state index in [1.165, 1.54) is 0 Å². The van der Waals surface area contributed by atoms with Crippen molar-refractivity contribution in [2.24, 2.45) is 5.92 Å². The molecule has 3 heteroatoms. The molecule has 0 spiro atoms. The van der Waals surface area contributed by atoms with Gasteiger partial charge in [0.2, 0.25) is 0 Å².